The third-order valence-corrected chi connectivity index (χ3v) is 6.61. The van der Waals surface area contributed by atoms with Crippen LogP contribution in [0.4, 0.5) is 0 Å². The molecule has 4 atom stereocenters. The van der Waals surface area contributed by atoms with Gasteiger partial charge in [-0.15, -0.1) is 29.3 Å². The van der Waals surface area contributed by atoms with Crippen LogP contribution in [0, 0.1) is 31.7 Å². The monoisotopic (exact) mass is 479 g/mol. The molecule has 0 saturated heterocycles. The Balaban J connectivity index is 0.00000261. The summed E-state index contributed by atoms with van der Waals surface area (Å²) in [7, 11) is 0. The van der Waals surface area contributed by atoms with E-state index in [0.717, 1.165) is 25.7 Å². The van der Waals surface area contributed by atoms with Crippen LogP contribution in [0.5, 0.6) is 0 Å². The average molecular weight is 480 g/mol. The van der Waals surface area contributed by atoms with Crippen molar-refractivity contribution in [1.82, 2.24) is 4.98 Å². The predicted octanol–water partition coefficient (Wildman–Crippen LogP) is 5.32. The van der Waals surface area contributed by atoms with Gasteiger partial charge < -0.3 is 5.11 Å². The fourth-order valence-electron chi connectivity index (χ4n) is 4.17. The Morgan fingerprint density at radius 3 is 2.67 bits per heavy atom. The molecule has 2 nitrogen and oxygen atoms in total. The van der Waals surface area contributed by atoms with Crippen LogP contribution < -0.4 is 0 Å². The standard InChI is InChI=1S/C22H26Cl2NO.Y/c1-14-12-25-13-17(15(14)2)7-9-19-20(22(26)11-21(19)24)8-6-16-4-3-5-18(23)10-16;/h3-4,10,12-13,19-22,26H,6-9,11H2,1-2H3;/q-1;/t19-,20-,21?,22?;/m1./s1. The van der Waals surface area contributed by atoms with Crippen LogP contribution in [0.3, 0.4) is 0 Å². The van der Waals surface area contributed by atoms with E-state index in [1.807, 2.05) is 30.6 Å². The van der Waals surface area contributed by atoms with E-state index < -0.39 is 0 Å². The Morgan fingerprint density at radius 2 is 1.93 bits per heavy atom. The van der Waals surface area contributed by atoms with Crippen LogP contribution in [-0.2, 0) is 45.6 Å². The number of pyridine rings is 1. The van der Waals surface area contributed by atoms with Crippen molar-refractivity contribution >= 4 is 23.2 Å². The topological polar surface area (TPSA) is 33.1 Å². The molecule has 2 unspecified atom stereocenters. The molecule has 1 saturated carbocycles. The number of aromatic nitrogens is 1. The van der Waals surface area contributed by atoms with E-state index in [1.165, 1.54) is 22.3 Å². The number of aliphatic hydroxyl groups excluding tert-OH is 1. The van der Waals surface area contributed by atoms with E-state index in [2.05, 4.69) is 24.9 Å². The quantitative estimate of drug-likeness (QED) is 0.449. The first kappa shape index (κ1) is 23.3. The first-order chi connectivity index (χ1) is 12.5. The first-order valence-corrected chi connectivity index (χ1v) is 10.2. The van der Waals surface area contributed by atoms with E-state index in [-0.39, 0.29) is 50.1 Å². The van der Waals surface area contributed by atoms with Crippen LogP contribution in [0.2, 0.25) is 5.02 Å². The van der Waals surface area contributed by atoms with Crippen molar-refractivity contribution in [3.05, 3.63) is 63.9 Å². The fourth-order valence-corrected chi connectivity index (χ4v) is 4.86. The Kier molecular flexibility index (Phi) is 9.23. The minimum atomic E-state index is -0.315. The van der Waals surface area contributed by atoms with Gasteiger partial charge in [-0.2, -0.15) is 23.8 Å². The Labute approximate surface area is 198 Å². The molecule has 143 valence electrons. The maximum absolute atomic E-state index is 10.5. The van der Waals surface area contributed by atoms with Crippen molar-refractivity contribution in [1.29, 1.82) is 0 Å². The summed E-state index contributed by atoms with van der Waals surface area (Å²) in [6.45, 7) is 4.25. The number of halogens is 2. The number of hydrogen-bond acceptors (Lipinski definition) is 2. The van der Waals surface area contributed by atoms with E-state index >= 15 is 0 Å². The molecule has 3 rings (SSSR count). The van der Waals surface area contributed by atoms with Crippen molar-refractivity contribution in [2.24, 2.45) is 11.8 Å². The van der Waals surface area contributed by atoms with E-state index in [1.54, 1.807) is 0 Å². The van der Waals surface area contributed by atoms with Crippen LogP contribution in [0.25, 0.3) is 0 Å². The second-order valence-electron chi connectivity index (χ2n) is 7.51. The number of aliphatic hydroxyl groups is 1. The number of benzene rings is 1. The van der Waals surface area contributed by atoms with Crippen LogP contribution in [-0.4, -0.2) is 21.6 Å². The molecule has 0 bridgehead atoms. The number of alkyl halides is 1. The van der Waals surface area contributed by atoms with Gasteiger partial charge in [0.05, 0.1) is 6.10 Å². The fraction of sp³-hybridized carbons (Fsp3) is 0.500. The molecule has 0 aliphatic heterocycles. The summed E-state index contributed by atoms with van der Waals surface area (Å²) in [6.07, 6.45) is 8.04. The molecule has 1 aromatic carbocycles. The van der Waals surface area contributed by atoms with Gasteiger partial charge in [0.25, 0.3) is 0 Å². The van der Waals surface area contributed by atoms with Gasteiger partial charge in [0, 0.05) is 50.5 Å². The minimum absolute atomic E-state index is 0. The summed E-state index contributed by atoms with van der Waals surface area (Å²) in [6, 6.07) is 8.82. The summed E-state index contributed by atoms with van der Waals surface area (Å²) in [5, 5.41) is 11.2. The summed E-state index contributed by atoms with van der Waals surface area (Å²) in [4.78, 5) is 4.33. The molecule has 0 spiro atoms. The summed E-state index contributed by atoms with van der Waals surface area (Å²) >= 11 is 12.6. The van der Waals surface area contributed by atoms with Gasteiger partial charge in [0.2, 0.25) is 0 Å². The van der Waals surface area contributed by atoms with Gasteiger partial charge in [0.1, 0.15) is 0 Å². The molecule has 1 heterocycles. The molecule has 2 aromatic rings. The van der Waals surface area contributed by atoms with E-state index in [0.29, 0.717) is 17.4 Å². The number of hydrogen-bond donors (Lipinski definition) is 1. The van der Waals surface area contributed by atoms with Gasteiger partial charge in [-0.1, -0.05) is 11.4 Å². The van der Waals surface area contributed by atoms with E-state index in [9.17, 15) is 5.11 Å². The van der Waals surface area contributed by atoms with Crippen molar-refractivity contribution in [3.8, 4) is 0 Å². The van der Waals surface area contributed by atoms with Gasteiger partial charge in [-0.25, -0.2) is 0 Å². The first-order valence-electron chi connectivity index (χ1n) is 9.34. The molecular formula is C22H26Cl2NOY-. The third-order valence-electron chi connectivity index (χ3n) is 5.89. The number of nitrogens with zero attached hydrogens (tertiary/aromatic N) is 1. The third kappa shape index (κ3) is 6.00. The normalized spacial score (nSPS) is 24.6. The molecular weight excluding hydrogens is 454 g/mol. The zero-order valence-corrected chi connectivity index (χ0v) is 20.3. The van der Waals surface area contributed by atoms with Crippen molar-refractivity contribution in [2.75, 3.05) is 0 Å². The largest absolute Gasteiger partial charge is 0.393 e. The van der Waals surface area contributed by atoms with Gasteiger partial charge in [0.15, 0.2) is 0 Å². The predicted molar refractivity (Wildman–Crippen MR) is 108 cm³/mol. The van der Waals surface area contributed by atoms with Crippen molar-refractivity contribution in [2.45, 2.75) is 57.4 Å². The molecule has 1 aromatic heterocycles. The zero-order valence-electron chi connectivity index (χ0n) is 16.0. The Hall–Kier alpha value is 0.0139. The SMILES string of the molecule is Cc1cncc(CC[C@H]2C(Cl)CC(O)[C@@H]2CCc2cc[c-]c(Cl)c2)c1C.[Y]. The van der Waals surface area contributed by atoms with Crippen molar-refractivity contribution < 1.29 is 37.8 Å². The summed E-state index contributed by atoms with van der Waals surface area (Å²) in [5.41, 5.74) is 5.03. The number of rotatable bonds is 6. The van der Waals surface area contributed by atoms with Crippen LogP contribution >= 0.6 is 23.2 Å². The summed E-state index contributed by atoms with van der Waals surface area (Å²) < 4.78 is 0. The molecule has 1 N–H and O–H groups in total. The summed E-state index contributed by atoms with van der Waals surface area (Å²) in [5.74, 6) is 0.566. The molecule has 1 fully saturated rings. The molecule has 27 heavy (non-hydrogen) atoms. The second kappa shape index (κ2) is 10.7. The van der Waals surface area contributed by atoms with E-state index in [4.69, 9.17) is 23.2 Å². The molecule has 0 amide bonds. The van der Waals surface area contributed by atoms with Gasteiger partial charge >= 0.3 is 0 Å². The van der Waals surface area contributed by atoms with Crippen molar-refractivity contribution in [3.63, 3.8) is 0 Å². The zero-order chi connectivity index (χ0) is 18.7. The molecule has 5 heteroatoms. The Morgan fingerprint density at radius 1 is 1.19 bits per heavy atom. The Bertz CT molecular complexity index is 755. The molecule has 1 radical (unpaired) electrons. The van der Waals surface area contributed by atoms with Crippen LogP contribution in [0.1, 0.15) is 41.5 Å². The van der Waals surface area contributed by atoms with Gasteiger partial charge in [-0.05, 0) is 68.1 Å². The maximum atomic E-state index is 10.5. The minimum Gasteiger partial charge on any atom is -0.393 e. The van der Waals surface area contributed by atoms with Gasteiger partial charge in [-0.3, -0.25) is 4.98 Å². The molecule has 1 aliphatic carbocycles. The average Bonchev–Trinajstić information content (AvgIpc) is 2.87. The van der Waals surface area contributed by atoms with Crippen LogP contribution in [0.15, 0.2) is 30.6 Å². The maximum Gasteiger partial charge on any atom is 0.0585 e. The smallest absolute Gasteiger partial charge is 0.0585 e. The molecule has 1 aliphatic rings. The second-order valence-corrected chi connectivity index (χ2v) is 8.48. The number of aryl methyl sites for hydroxylation is 3.